The number of nitrogen functional groups attached to an aromatic ring is 1. The van der Waals surface area contributed by atoms with Crippen LogP contribution >= 0.6 is 0 Å². The summed E-state index contributed by atoms with van der Waals surface area (Å²) in [5, 5.41) is 18.1. The predicted octanol–water partition coefficient (Wildman–Crippen LogP) is 6.63. The minimum atomic E-state index is -0.982. The van der Waals surface area contributed by atoms with E-state index in [1.807, 2.05) is 38.1 Å². The fraction of sp³-hybridized carbons (Fsp3) is 0.241. The Bertz CT molecular complexity index is 1390. The summed E-state index contributed by atoms with van der Waals surface area (Å²) in [6.07, 6.45) is 2.88. The number of carbonyl (C=O) groups is 1. The topological polar surface area (TPSA) is 101 Å². The number of ether oxygens (including phenoxy) is 1. The zero-order valence-corrected chi connectivity index (χ0v) is 20.4. The van der Waals surface area contributed by atoms with Gasteiger partial charge in [0, 0.05) is 58.9 Å². The van der Waals surface area contributed by atoms with Crippen LogP contribution in [0, 0.1) is 11.2 Å². The van der Waals surface area contributed by atoms with Gasteiger partial charge in [0.1, 0.15) is 5.82 Å². The third-order valence-electron chi connectivity index (χ3n) is 6.48. The van der Waals surface area contributed by atoms with Gasteiger partial charge in [-0.3, -0.25) is 0 Å². The second kappa shape index (κ2) is 10.7. The molecule has 1 aromatic heterocycles. The summed E-state index contributed by atoms with van der Waals surface area (Å²) in [4.78, 5) is 11.4. The third kappa shape index (κ3) is 4.62. The second-order valence-electron chi connectivity index (χ2n) is 8.48. The van der Waals surface area contributed by atoms with Crippen LogP contribution in [-0.2, 0) is 4.74 Å². The van der Waals surface area contributed by atoms with E-state index in [0.29, 0.717) is 24.5 Å². The molecule has 1 fully saturated rings. The molecular formula is C29H30FN3O3. The summed E-state index contributed by atoms with van der Waals surface area (Å²) in [5.41, 5.74) is 12.1. The average Bonchev–Trinajstić information content (AvgIpc) is 3.24. The molecule has 6 nitrogen and oxygen atoms in total. The lowest BCUT2D eigenvalue weighted by Crippen LogP contribution is -2.17. The number of nitrogens with two attached hydrogens (primary N) is 1. The van der Waals surface area contributed by atoms with Crippen LogP contribution in [0.1, 0.15) is 54.2 Å². The number of halogens is 1. The average molecular weight is 488 g/mol. The normalized spacial score (nSPS) is 13.8. The standard InChI is InChI=1S/C27H24FN3O3.C2H6/c28-20-5-7-21(8-6-20)31-24-13-19(15-29)23(30)14-22(24)25(26(31)17-9-11-34-12-10-17)16-1-3-18(4-2-16)27(32)33;1-2/h1-8,13-15,17,29H,9-12,30H2,(H,32,33);1-2H3. The molecule has 0 atom stereocenters. The van der Waals surface area contributed by atoms with E-state index < -0.39 is 5.97 Å². The molecule has 0 amide bonds. The highest BCUT2D eigenvalue weighted by Crippen LogP contribution is 2.44. The highest BCUT2D eigenvalue weighted by molar-refractivity contribution is 6.04. The Morgan fingerprint density at radius 2 is 1.72 bits per heavy atom. The van der Waals surface area contributed by atoms with Crippen LogP contribution in [-0.4, -0.2) is 35.1 Å². The quantitative estimate of drug-likeness (QED) is 0.217. The van der Waals surface area contributed by atoms with Gasteiger partial charge in [-0.15, -0.1) is 0 Å². The van der Waals surface area contributed by atoms with Crippen molar-refractivity contribution in [2.45, 2.75) is 32.6 Å². The van der Waals surface area contributed by atoms with Gasteiger partial charge in [-0.2, -0.15) is 0 Å². The van der Waals surface area contributed by atoms with Gasteiger partial charge in [0.15, 0.2) is 0 Å². The molecule has 186 valence electrons. The van der Waals surface area contributed by atoms with Crippen LogP contribution in [0.25, 0.3) is 27.7 Å². The summed E-state index contributed by atoms with van der Waals surface area (Å²) >= 11 is 0. The molecule has 0 unspecified atom stereocenters. The fourth-order valence-electron chi connectivity index (χ4n) is 4.82. The van der Waals surface area contributed by atoms with Gasteiger partial charge in [0.25, 0.3) is 0 Å². The Morgan fingerprint density at radius 1 is 1.08 bits per heavy atom. The monoisotopic (exact) mass is 487 g/mol. The van der Waals surface area contributed by atoms with Crippen molar-refractivity contribution in [3.8, 4) is 16.8 Å². The van der Waals surface area contributed by atoms with Gasteiger partial charge >= 0.3 is 5.97 Å². The lowest BCUT2D eigenvalue weighted by Gasteiger charge is -2.26. The van der Waals surface area contributed by atoms with Crippen molar-refractivity contribution >= 4 is 28.8 Å². The van der Waals surface area contributed by atoms with E-state index in [1.165, 1.54) is 18.3 Å². The maximum Gasteiger partial charge on any atom is 0.335 e. The number of nitrogens with zero attached hydrogens (tertiary/aromatic N) is 1. The van der Waals surface area contributed by atoms with Crippen molar-refractivity contribution in [2.24, 2.45) is 0 Å². The van der Waals surface area contributed by atoms with Crippen molar-refractivity contribution in [1.82, 2.24) is 4.57 Å². The first kappa shape index (κ1) is 25.1. The zero-order chi connectivity index (χ0) is 25.8. The number of benzene rings is 3. The van der Waals surface area contributed by atoms with Gasteiger partial charge in [-0.1, -0.05) is 26.0 Å². The lowest BCUT2D eigenvalue weighted by molar-refractivity contribution is 0.0697. The Hall–Kier alpha value is -3.97. The SMILES string of the molecule is CC.N=Cc1cc2c(cc1N)c(-c1ccc(C(=O)O)cc1)c(C1CCOCC1)n2-c1ccc(F)cc1. The van der Waals surface area contributed by atoms with Crippen LogP contribution in [0.3, 0.4) is 0 Å². The molecular weight excluding hydrogens is 457 g/mol. The second-order valence-corrected chi connectivity index (χ2v) is 8.48. The van der Waals surface area contributed by atoms with Crippen LogP contribution in [0.4, 0.5) is 10.1 Å². The number of aromatic carboxylic acids is 1. The molecule has 4 N–H and O–H groups in total. The van der Waals surface area contributed by atoms with E-state index in [-0.39, 0.29) is 17.3 Å². The number of aromatic nitrogens is 1. The van der Waals surface area contributed by atoms with E-state index in [4.69, 9.17) is 15.9 Å². The number of hydrogen-bond acceptors (Lipinski definition) is 4. The predicted molar refractivity (Wildman–Crippen MR) is 142 cm³/mol. The number of fused-ring (bicyclic) bond motifs is 1. The third-order valence-corrected chi connectivity index (χ3v) is 6.48. The molecule has 3 aromatic carbocycles. The van der Waals surface area contributed by atoms with Crippen molar-refractivity contribution in [3.05, 3.63) is 83.3 Å². The van der Waals surface area contributed by atoms with E-state index in [1.54, 1.807) is 24.3 Å². The zero-order valence-electron chi connectivity index (χ0n) is 20.4. The molecule has 1 aliphatic heterocycles. The van der Waals surface area contributed by atoms with Crippen LogP contribution in [0.5, 0.6) is 0 Å². The summed E-state index contributed by atoms with van der Waals surface area (Å²) in [6, 6.07) is 17.0. The van der Waals surface area contributed by atoms with E-state index >= 15 is 0 Å². The summed E-state index contributed by atoms with van der Waals surface area (Å²) < 4.78 is 21.5. The molecule has 1 aliphatic rings. The molecule has 0 aliphatic carbocycles. The van der Waals surface area contributed by atoms with Crippen LogP contribution in [0.2, 0.25) is 0 Å². The number of carboxylic acid groups (broad SMARTS) is 1. The van der Waals surface area contributed by atoms with Crippen LogP contribution < -0.4 is 5.73 Å². The van der Waals surface area contributed by atoms with Gasteiger partial charge in [0.2, 0.25) is 0 Å². The molecule has 1 saturated heterocycles. The summed E-state index contributed by atoms with van der Waals surface area (Å²) in [7, 11) is 0. The maximum atomic E-state index is 13.8. The van der Waals surface area contributed by atoms with Gasteiger partial charge in [0.05, 0.1) is 11.1 Å². The minimum Gasteiger partial charge on any atom is -0.478 e. The van der Waals surface area contributed by atoms with Crippen molar-refractivity contribution in [1.29, 1.82) is 5.41 Å². The summed E-state index contributed by atoms with van der Waals surface area (Å²) in [5.74, 6) is -1.13. The fourth-order valence-corrected chi connectivity index (χ4v) is 4.82. The highest BCUT2D eigenvalue weighted by Gasteiger charge is 2.28. The van der Waals surface area contributed by atoms with E-state index in [0.717, 1.165) is 46.3 Å². The molecule has 7 heteroatoms. The molecule has 0 bridgehead atoms. The summed E-state index contributed by atoms with van der Waals surface area (Å²) in [6.45, 7) is 5.28. The molecule has 4 aromatic rings. The molecule has 2 heterocycles. The Balaban J connectivity index is 0.00000148. The Kier molecular flexibility index (Phi) is 7.50. The molecule has 0 saturated carbocycles. The Morgan fingerprint density at radius 3 is 2.31 bits per heavy atom. The molecule has 5 rings (SSSR count). The number of nitrogens with one attached hydrogen (secondary N) is 1. The maximum absolute atomic E-state index is 13.8. The number of anilines is 1. The van der Waals surface area contributed by atoms with Gasteiger partial charge in [-0.05, 0) is 66.9 Å². The number of rotatable bonds is 5. The van der Waals surface area contributed by atoms with Gasteiger partial charge in [-0.25, -0.2) is 9.18 Å². The molecule has 0 spiro atoms. The smallest absolute Gasteiger partial charge is 0.335 e. The minimum absolute atomic E-state index is 0.171. The first-order valence-electron chi connectivity index (χ1n) is 12.1. The number of carboxylic acids is 1. The van der Waals surface area contributed by atoms with Crippen LogP contribution in [0.15, 0.2) is 60.7 Å². The Labute approximate surface area is 209 Å². The molecule has 0 radical (unpaired) electrons. The largest absolute Gasteiger partial charge is 0.478 e. The highest BCUT2D eigenvalue weighted by atomic mass is 19.1. The van der Waals surface area contributed by atoms with Gasteiger partial charge < -0.3 is 25.6 Å². The van der Waals surface area contributed by atoms with E-state index in [9.17, 15) is 14.3 Å². The van der Waals surface area contributed by atoms with Crippen molar-refractivity contribution < 1.29 is 19.0 Å². The van der Waals surface area contributed by atoms with Crippen molar-refractivity contribution in [3.63, 3.8) is 0 Å². The van der Waals surface area contributed by atoms with E-state index in [2.05, 4.69) is 4.57 Å². The molecule has 36 heavy (non-hydrogen) atoms. The first-order chi connectivity index (χ1) is 17.5. The first-order valence-corrected chi connectivity index (χ1v) is 12.1. The lowest BCUT2D eigenvalue weighted by atomic mass is 9.89. The number of hydrogen-bond donors (Lipinski definition) is 3. The van der Waals surface area contributed by atoms with Crippen molar-refractivity contribution in [2.75, 3.05) is 18.9 Å².